The number of ether oxygens (including phenoxy) is 3. The minimum atomic E-state index is -1.08. The number of methoxy groups -OCH3 is 2. The van der Waals surface area contributed by atoms with Crippen LogP contribution in [0.25, 0.3) is 0 Å². The van der Waals surface area contributed by atoms with Crippen molar-refractivity contribution in [3.8, 4) is 11.5 Å². The lowest BCUT2D eigenvalue weighted by molar-refractivity contribution is -0.181. The van der Waals surface area contributed by atoms with Crippen LogP contribution < -0.4 is 9.47 Å². The van der Waals surface area contributed by atoms with Crippen molar-refractivity contribution in [3.05, 3.63) is 95.6 Å². The standard InChI is InChI=1S/C29H29NO6/c1-18(31)25-27(29(33)36-19(2)20-8-6-5-7-9-20)30(28(25)32)26(21-10-14-23(34-3)15-11-21)22-12-16-24(35-4)17-13-22/h5-17,19,25-27H,1-4H3/t19-,25-,27+/m1/s1. The summed E-state index contributed by atoms with van der Waals surface area (Å²) in [5, 5.41) is 0. The number of nitrogens with zero attached hydrogens (tertiary/aromatic N) is 1. The Bertz CT molecular complexity index is 1180. The Morgan fingerprint density at radius 1 is 0.778 bits per heavy atom. The molecule has 0 saturated carbocycles. The summed E-state index contributed by atoms with van der Waals surface area (Å²) in [5.41, 5.74) is 2.36. The van der Waals surface area contributed by atoms with Gasteiger partial charge in [0.25, 0.3) is 0 Å². The third kappa shape index (κ3) is 4.82. The topological polar surface area (TPSA) is 82.1 Å². The van der Waals surface area contributed by atoms with E-state index < -0.39 is 36.0 Å². The second-order valence-electron chi connectivity index (χ2n) is 8.72. The van der Waals surface area contributed by atoms with Crippen LogP contribution in [0.4, 0.5) is 0 Å². The number of esters is 1. The summed E-state index contributed by atoms with van der Waals surface area (Å²) in [7, 11) is 3.15. The molecule has 0 aromatic heterocycles. The summed E-state index contributed by atoms with van der Waals surface area (Å²) in [6.45, 7) is 3.10. The Morgan fingerprint density at radius 2 is 1.28 bits per heavy atom. The quantitative estimate of drug-likeness (QED) is 0.251. The van der Waals surface area contributed by atoms with E-state index in [1.54, 1.807) is 45.4 Å². The van der Waals surface area contributed by atoms with E-state index in [4.69, 9.17) is 14.2 Å². The first-order chi connectivity index (χ1) is 17.3. The van der Waals surface area contributed by atoms with Crippen LogP contribution >= 0.6 is 0 Å². The number of likely N-dealkylation sites (tertiary alicyclic amines) is 1. The van der Waals surface area contributed by atoms with Gasteiger partial charge in [0.2, 0.25) is 5.91 Å². The third-order valence-electron chi connectivity index (χ3n) is 6.52. The van der Waals surface area contributed by atoms with Crippen molar-refractivity contribution in [2.75, 3.05) is 14.2 Å². The number of hydrogen-bond acceptors (Lipinski definition) is 6. The predicted octanol–water partition coefficient (Wildman–Crippen LogP) is 4.51. The number of carbonyl (C=O) groups excluding carboxylic acids is 3. The van der Waals surface area contributed by atoms with Crippen LogP contribution in [0.1, 0.15) is 42.7 Å². The van der Waals surface area contributed by atoms with Gasteiger partial charge in [-0.1, -0.05) is 54.6 Å². The van der Waals surface area contributed by atoms with Crippen LogP contribution in [0, 0.1) is 5.92 Å². The van der Waals surface area contributed by atoms with Gasteiger partial charge in [0.05, 0.1) is 20.3 Å². The number of β-lactam (4-membered cyclic amide) rings is 1. The van der Waals surface area contributed by atoms with Crippen LogP contribution in [-0.4, -0.2) is 42.8 Å². The minimum Gasteiger partial charge on any atom is -0.497 e. The zero-order valence-corrected chi connectivity index (χ0v) is 20.7. The molecule has 1 saturated heterocycles. The van der Waals surface area contributed by atoms with Gasteiger partial charge in [0.15, 0.2) is 0 Å². The maximum atomic E-state index is 13.4. The number of amides is 1. The number of carbonyl (C=O) groups is 3. The molecule has 0 aliphatic carbocycles. The van der Waals surface area contributed by atoms with Crippen molar-refractivity contribution >= 4 is 17.7 Å². The van der Waals surface area contributed by atoms with Crippen molar-refractivity contribution in [2.45, 2.75) is 32.0 Å². The van der Waals surface area contributed by atoms with Gasteiger partial charge in [-0.2, -0.15) is 0 Å². The van der Waals surface area contributed by atoms with E-state index in [1.807, 2.05) is 54.6 Å². The normalized spacial score (nSPS) is 17.8. The molecule has 0 unspecified atom stereocenters. The first kappa shape index (κ1) is 25.0. The van der Waals surface area contributed by atoms with Gasteiger partial charge in [-0.3, -0.25) is 9.59 Å². The molecule has 1 aliphatic heterocycles. The molecule has 1 fully saturated rings. The highest BCUT2D eigenvalue weighted by Crippen LogP contribution is 2.42. The lowest BCUT2D eigenvalue weighted by atomic mass is 9.80. The molecule has 0 bridgehead atoms. The van der Waals surface area contributed by atoms with Crippen molar-refractivity contribution in [3.63, 3.8) is 0 Å². The van der Waals surface area contributed by atoms with Crippen molar-refractivity contribution in [1.29, 1.82) is 0 Å². The molecule has 4 rings (SSSR count). The third-order valence-corrected chi connectivity index (χ3v) is 6.52. The maximum Gasteiger partial charge on any atom is 0.330 e. The number of rotatable bonds is 9. The smallest absolute Gasteiger partial charge is 0.330 e. The van der Waals surface area contributed by atoms with Gasteiger partial charge in [0, 0.05) is 0 Å². The van der Waals surface area contributed by atoms with Crippen LogP contribution in [0.3, 0.4) is 0 Å². The zero-order chi connectivity index (χ0) is 25.8. The van der Waals surface area contributed by atoms with E-state index >= 15 is 0 Å². The molecule has 3 aromatic rings. The largest absolute Gasteiger partial charge is 0.497 e. The van der Waals surface area contributed by atoms with E-state index in [9.17, 15) is 14.4 Å². The molecule has 186 valence electrons. The number of hydrogen-bond donors (Lipinski definition) is 0. The van der Waals surface area contributed by atoms with Crippen LogP contribution in [0.2, 0.25) is 0 Å². The molecule has 1 amide bonds. The van der Waals surface area contributed by atoms with E-state index in [0.29, 0.717) is 11.5 Å². The van der Waals surface area contributed by atoms with E-state index in [-0.39, 0.29) is 5.78 Å². The first-order valence-corrected chi connectivity index (χ1v) is 11.7. The lowest BCUT2D eigenvalue weighted by Gasteiger charge is -2.49. The Labute approximate surface area is 210 Å². The van der Waals surface area contributed by atoms with Gasteiger partial charge in [-0.15, -0.1) is 0 Å². The number of Topliss-reactive ketones (excluding diaryl/α,β-unsaturated/α-hetero) is 1. The van der Waals surface area contributed by atoms with Gasteiger partial charge >= 0.3 is 5.97 Å². The Balaban J connectivity index is 1.72. The predicted molar refractivity (Wildman–Crippen MR) is 134 cm³/mol. The zero-order valence-electron chi connectivity index (χ0n) is 20.7. The Kier molecular flexibility index (Phi) is 7.38. The fraction of sp³-hybridized carbons (Fsp3) is 0.276. The highest BCUT2D eigenvalue weighted by atomic mass is 16.5. The molecule has 1 aliphatic rings. The van der Waals surface area contributed by atoms with Crippen LogP contribution in [-0.2, 0) is 19.1 Å². The lowest BCUT2D eigenvalue weighted by Crippen LogP contribution is -2.67. The highest BCUT2D eigenvalue weighted by molar-refractivity contribution is 6.11. The number of ketones is 1. The molecular formula is C29H29NO6. The van der Waals surface area contributed by atoms with Crippen molar-refractivity contribution in [2.24, 2.45) is 5.92 Å². The molecule has 3 atom stereocenters. The van der Waals surface area contributed by atoms with Crippen molar-refractivity contribution < 1.29 is 28.6 Å². The van der Waals surface area contributed by atoms with Gasteiger partial charge < -0.3 is 19.1 Å². The summed E-state index contributed by atoms with van der Waals surface area (Å²) in [6, 6.07) is 22.2. The Morgan fingerprint density at radius 3 is 1.72 bits per heavy atom. The molecule has 0 radical (unpaired) electrons. The maximum absolute atomic E-state index is 13.4. The van der Waals surface area contributed by atoms with E-state index in [1.165, 1.54) is 11.8 Å². The van der Waals surface area contributed by atoms with E-state index in [2.05, 4.69) is 0 Å². The van der Waals surface area contributed by atoms with Gasteiger partial charge in [-0.25, -0.2) is 4.79 Å². The van der Waals surface area contributed by atoms with Gasteiger partial charge in [0.1, 0.15) is 35.3 Å². The second-order valence-corrected chi connectivity index (χ2v) is 8.72. The second kappa shape index (κ2) is 10.6. The molecule has 7 nitrogen and oxygen atoms in total. The summed E-state index contributed by atoms with van der Waals surface area (Å²) in [4.78, 5) is 40.7. The van der Waals surface area contributed by atoms with Gasteiger partial charge in [-0.05, 0) is 54.8 Å². The fourth-order valence-electron chi connectivity index (χ4n) is 4.57. The first-order valence-electron chi connectivity index (χ1n) is 11.7. The molecule has 3 aromatic carbocycles. The average Bonchev–Trinajstić information content (AvgIpc) is 2.90. The summed E-state index contributed by atoms with van der Waals surface area (Å²) < 4.78 is 16.3. The molecular weight excluding hydrogens is 458 g/mol. The number of benzene rings is 3. The molecule has 0 spiro atoms. The molecule has 1 heterocycles. The molecule has 0 N–H and O–H groups in total. The van der Waals surface area contributed by atoms with Crippen molar-refractivity contribution in [1.82, 2.24) is 4.90 Å². The average molecular weight is 488 g/mol. The van der Waals surface area contributed by atoms with Crippen LogP contribution in [0.5, 0.6) is 11.5 Å². The SMILES string of the molecule is COc1ccc(C(c2ccc(OC)cc2)N2C(=O)[C@H](C(C)=O)[C@H]2C(=O)O[C@H](C)c2ccccc2)cc1. The monoisotopic (exact) mass is 487 g/mol. The molecule has 7 heteroatoms. The van der Waals surface area contributed by atoms with E-state index in [0.717, 1.165) is 16.7 Å². The summed E-state index contributed by atoms with van der Waals surface area (Å²) in [5.74, 6) is -1.15. The summed E-state index contributed by atoms with van der Waals surface area (Å²) in [6.07, 6.45) is -0.538. The Hall–Kier alpha value is -4.13. The highest BCUT2D eigenvalue weighted by Gasteiger charge is 2.57. The van der Waals surface area contributed by atoms with Crippen LogP contribution in [0.15, 0.2) is 78.9 Å². The summed E-state index contributed by atoms with van der Waals surface area (Å²) >= 11 is 0. The molecule has 36 heavy (non-hydrogen) atoms. The fourth-order valence-corrected chi connectivity index (χ4v) is 4.57. The minimum absolute atomic E-state index is 0.367.